The van der Waals surface area contributed by atoms with E-state index in [2.05, 4.69) is 0 Å². The fourth-order valence-electron chi connectivity index (χ4n) is 0. The molecule has 0 amide bonds. The molecule has 0 unspecified atom stereocenters. The van der Waals surface area contributed by atoms with Gasteiger partial charge in [-0.1, -0.05) is 0 Å². The van der Waals surface area contributed by atoms with Crippen molar-refractivity contribution in [3.05, 3.63) is 0 Å². The molecule has 0 N–H and O–H groups in total. The standard InChI is InChI=1S/4ClH.K.Pd.H/h4*1H;;;/q;;;;+1;;-1. The quantitative estimate of drug-likeness (QED) is 0.492. The van der Waals surface area contributed by atoms with Crippen molar-refractivity contribution in [3.8, 4) is 0 Å². The minimum atomic E-state index is 0. The van der Waals surface area contributed by atoms with E-state index in [0.29, 0.717) is 0 Å². The fourth-order valence-corrected chi connectivity index (χ4v) is 0. The summed E-state index contributed by atoms with van der Waals surface area (Å²) in [5, 5.41) is 0. The van der Waals surface area contributed by atoms with Gasteiger partial charge in [0.2, 0.25) is 0 Å². The summed E-state index contributed by atoms with van der Waals surface area (Å²) in [7, 11) is 0. The molecule has 0 radical (unpaired) electrons. The van der Waals surface area contributed by atoms with Crippen molar-refractivity contribution >= 4 is 49.6 Å². The Hall–Kier alpha value is 3.46. The second-order valence-corrected chi connectivity index (χ2v) is 0. The molecule has 0 fully saturated rings. The zero-order valence-electron chi connectivity index (χ0n) is 3.95. The zero-order valence-corrected chi connectivity index (χ0v) is 10.9. The van der Waals surface area contributed by atoms with Crippen LogP contribution in [-0.4, -0.2) is 0 Å². The summed E-state index contributed by atoms with van der Waals surface area (Å²) >= 11 is 0. The molecular weight excluding hydrogens is 287 g/mol. The summed E-state index contributed by atoms with van der Waals surface area (Å²) in [5.41, 5.74) is 0. The van der Waals surface area contributed by atoms with Gasteiger partial charge in [-0.05, 0) is 0 Å². The molecule has 0 saturated heterocycles. The van der Waals surface area contributed by atoms with Crippen LogP contribution in [-0.2, 0) is 20.4 Å². The molecule has 0 spiro atoms. The number of halogens is 4. The molecule has 0 aliphatic carbocycles. The van der Waals surface area contributed by atoms with E-state index in [0.717, 1.165) is 0 Å². The van der Waals surface area contributed by atoms with E-state index < -0.39 is 0 Å². The average molecular weight is 292 g/mol. The van der Waals surface area contributed by atoms with Gasteiger partial charge in [0.15, 0.2) is 0 Å². The molecule has 6 heteroatoms. The van der Waals surface area contributed by atoms with Crippen LogP contribution in [0.5, 0.6) is 0 Å². The SMILES string of the molecule is Cl.Cl.Cl.Cl.[H-].[K+].[Pd]. The van der Waals surface area contributed by atoms with Crippen molar-refractivity contribution in [1.82, 2.24) is 0 Å². The van der Waals surface area contributed by atoms with Gasteiger partial charge in [-0.25, -0.2) is 0 Å². The van der Waals surface area contributed by atoms with Crippen LogP contribution in [0.2, 0.25) is 0 Å². The second-order valence-electron chi connectivity index (χ2n) is 0. The van der Waals surface area contributed by atoms with Crippen LogP contribution in [0.25, 0.3) is 0 Å². The van der Waals surface area contributed by atoms with Crippen LogP contribution in [0.4, 0.5) is 0 Å². The van der Waals surface area contributed by atoms with Crippen molar-refractivity contribution in [1.29, 1.82) is 0 Å². The molecule has 0 rings (SSSR count). The van der Waals surface area contributed by atoms with Crippen molar-refractivity contribution in [3.63, 3.8) is 0 Å². The number of rotatable bonds is 0. The summed E-state index contributed by atoms with van der Waals surface area (Å²) in [6.45, 7) is 0. The van der Waals surface area contributed by atoms with Crippen LogP contribution >= 0.6 is 49.6 Å². The van der Waals surface area contributed by atoms with Gasteiger partial charge in [0, 0.05) is 20.4 Å². The molecule has 44 valence electrons. The summed E-state index contributed by atoms with van der Waals surface area (Å²) in [5.74, 6) is 0. The number of hydrogen-bond donors (Lipinski definition) is 0. The van der Waals surface area contributed by atoms with E-state index in [9.17, 15) is 0 Å². The molecule has 0 aromatic heterocycles. The summed E-state index contributed by atoms with van der Waals surface area (Å²) in [4.78, 5) is 0. The molecule has 0 aliphatic rings. The first-order valence-corrected chi connectivity index (χ1v) is 0. The summed E-state index contributed by atoms with van der Waals surface area (Å²) in [6, 6.07) is 0. The minimum absolute atomic E-state index is 0. The van der Waals surface area contributed by atoms with Gasteiger partial charge in [-0.15, -0.1) is 49.6 Å². The second kappa shape index (κ2) is 39.3. The van der Waals surface area contributed by atoms with Crippen LogP contribution in [0.15, 0.2) is 0 Å². The van der Waals surface area contributed by atoms with Gasteiger partial charge < -0.3 is 1.43 Å². The monoisotopic (exact) mass is 290 g/mol. The van der Waals surface area contributed by atoms with E-state index in [4.69, 9.17) is 0 Å². The van der Waals surface area contributed by atoms with Crippen molar-refractivity contribution in [2.45, 2.75) is 0 Å². The van der Waals surface area contributed by atoms with Gasteiger partial charge in [0.05, 0.1) is 0 Å². The van der Waals surface area contributed by atoms with Gasteiger partial charge in [0.1, 0.15) is 0 Å². The Morgan fingerprint density at radius 1 is 0.667 bits per heavy atom. The van der Waals surface area contributed by atoms with Crippen LogP contribution in [0.1, 0.15) is 1.43 Å². The Bertz CT molecular complexity index is 11.7. The third-order valence-corrected chi connectivity index (χ3v) is 0. The first kappa shape index (κ1) is 56.6. The maximum Gasteiger partial charge on any atom is 1.00 e. The average Bonchev–Trinajstić information content (AvgIpc) is 0. The van der Waals surface area contributed by atoms with E-state index in [1.54, 1.807) is 0 Å². The number of hydrogen-bond acceptors (Lipinski definition) is 0. The Labute approximate surface area is 120 Å². The molecular formula is H5Cl4KPd. The fraction of sp³-hybridized carbons (Fsp3) is 0. The molecule has 0 bridgehead atoms. The van der Waals surface area contributed by atoms with Crippen molar-refractivity contribution in [2.75, 3.05) is 0 Å². The molecule has 0 aromatic carbocycles. The molecule has 0 atom stereocenters. The van der Waals surface area contributed by atoms with E-state index >= 15 is 0 Å². The van der Waals surface area contributed by atoms with Crippen LogP contribution < -0.4 is 51.4 Å². The molecule has 0 aliphatic heterocycles. The van der Waals surface area contributed by atoms with Gasteiger partial charge in [-0.3, -0.25) is 0 Å². The molecule has 0 saturated carbocycles. The summed E-state index contributed by atoms with van der Waals surface area (Å²) in [6.07, 6.45) is 0. The predicted octanol–water partition coefficient (Wildman–Crippen LogP) is -1.20. The third kappa shape index (κ3) is 26.0. The van der Waals surface area contributed by atoms with E-state index in [1.807, 2.05) is 0 Å². The molecule has 0 aromatic rings. The molecule has 0 nitrogen and oxygen atoms in total. The normalized spacial score (nSPS) is 0. The Kier molecular flexibility index (Phi) is 371. The van der Waals surface area contributed by atoms with Gasteiger partial charge in [-0.2, -0.15) is 0 Å². The summed E-state index contributed by atoms with van der Waals surface area (Å²) < 4.78 is 0. The topological polar surface area (TPSA) is 0 Å². The Morgan fingerprint density at radius 3 is 0.667 bits per heavy atom. The Balaban J connectivity index is 0. The van der Waals surface area contributed by atoms with Gasteiger partial charge in [0.25, 0.3) is 0 Å². The molecule has 0 heterocycles. The maximum absolute atomic E-state index is 0. The van der Waals surface area contributed by atoms with Crippen LogP contribution in [0, 0.1) is 0 Å². The van der Waals surface area contributed by atoms with Crippen molar-refractivity contribution < 1.29 is 73.2 Å². The minimum Gasteiger partial charge on any atom is -1.00 e. The predicted molar refractivity (Wildman–Crippen MR) is 30.1 cm³/mol. The smallest absolute Gasteiger partial charge is 1.00 e. The third-order valence-electron chi connectivity index (χ3n) is 0. The zero-order chi connectivity index (χ0) is 0. The Morgan fingerprint density at radius 2 is 0.667 bits per heavy atom. The first-order valence-electron chi connectivity index (χ1n) is 0. The van der Waals surface area contributed by atoms with Crippen LogP contribution in [0.3, 0.4) is 0 Å². The van der Waals surface area contributed by atoms with E-state index in [1.165, 1.54) is 0 Å². The largest absolute Gasteiger partial charge is 1.00 e. The first-order chi connectivity index (χ1) is 0. The molecule has 6 heavy (non-hydrogen) atoms. The van der Waals surface area contributed by atoms with E-state index in [-0.39, 0.29) is 123 Å². The van der Waals surface area contributed by atoms with Crippen molar-refractivity contribution in [2.24, 2.45) is 0 Å². The van der Waals surface area contributed by atoms with Gasteiger partial charge >= 0.3 is 51.4 Å². The maximum atomic E-state index is 0.